The van der Waals surface area contributed by atoms with Gasteiger partial charge in [0.2, 0.25) is 16.9 Å². The summed E-state index contributed by atoms with van der Waals surface area (Å²) < 4.78 is 6.48. The van der Waals surface area contributed by atoms with Crippen LogP contribution in [-0.2, 0) is 11.3 Å². The van der Waals surface area contributed by atoms with Crippen molar-refractivity contribution >= 4 is 51.2 Å². The quantitative estimate of drug-likeness (QED) is 0.304. The third kappa shape index (κ3) is 5.93. The van der Waals surface area contributed by atoms with Gasteiger partial charge in [-0.2, -0.15) is 0 Å². The van der Waals surface area contributed by atoms with E-state index in [-0.39, 0.29) is 11.7 Å². The summed E-state index contributed by atoms with van der Waals surface area (Å²) in [6.07, 6.45) is 0.839. The molecular weight excluding hydrogens is 464 g/mol. The molecule has 0 bridgehead atoms. The van der Waals surface area contributed by atoms with Crippen molar-refractivity contribution in [3.63, 3.8) is 0 Å². The highest BCUT2D eigenvalue weighted by Crippen LogP contribution is 2.28. The average Bonchev–Trinajstić information content (AvgIpc) is 3.54. The van der Waals surface area contributed by atoms with Crippen LogP contribution >= 0.6 is 34.4 Å². The van der Waals surface area contributed by atoms with Crippen LogP contribution in [0.25, 0.3) is 10.8 Å². The molecule has 3 aromatic heterocycles. The van der Waals surface area contributed by atoms with Gasteiger partial charge in [0, 0.05) is 12.2 Å². The molecule has 0 aliphatic rings. The maximum atomic E-state index is 12.8. The number of nitrogens with zero attached hydrogens (tertiary/aromatic N) is 5. The zero-order valence-corrected chi connectivity index (χ0v) is 20.1. The number of anilines is 2. The SMILES string of the molecule is CCCN(Cc1nnc(-c2cccs2)o1)C(=O)CSc1nnc(Nc2cccc(C)c2)s1. The first-order valence-electron chi connectivity index (χ1n) is 10.0. The molecule has 0 unspecified atom stereocenters. The molecule has 8 nitrogen and oxygen atoms in total. The molecule has 4 rings (SSSR count). The number of hydrogen-bond donors (Lipinski definition) is 1. The minimum atomic E-state index is -0.00360. The summed E-state index contributed by atoms with van der Waals surface area (Å²) in [5.41, 5.74) is 2.13. The number of benzene rings is 1. The summed E-state index contributed by atoms with van der Waals surface area (Å²) in [6, 6.07) is 11.9. The number of aryl methyl sites for hydroxylation is 1. The molecule has 32 heavy (non-hydrogen) atoms. The van der Waals surface area contributed by atoms with Gasteiger partial charge in [-0.15, -0.1) is 31.7 Å². The molecule has 1 amide bonds. The van der Waals surface area contributed by atoms with Gasteiger partial charge in [-0.3, -0.25) is 4.79 Å². The van der Waals surface area contributed by atoms with E-state index in [1.54, 1.807) is 4.90 Å². The lowest BCUT2D eigenvalue weighted by molar-refractivity contribution is -0.129. The molecule has 0 atom stereocenters. The second-order valence-electron chi connectivity index (χ2n) is 6.95. The van der Waals surface area contributed by atoms with Crippen LogP contribution < -0.4 is 5.32 Å². The van der Waals surface area contributed by atoms with Crippen molar-refractivity contribution in [2.45, 2.75) is 31.2 Å². The lowest BCUT2D eigenvalue weighted by atomic mass is 10.2. The minimum Gasteiger partial charge on any atom is -0.418 e. The number of thioether (sulfide) groups is 1. The fourth-order valence-corrected chi connectivity index (χ4v) is 5.24. The fraction of sp³-hybridized carbons (Fsp3) is 0.286. The number of hydrogen-bond acceptors (Lipinski definition) is 10. The summed E-state index contributed by atoms with van der Waals surface area (Å²) >= 11 is 4.34. The second kappa shape index (κ2) is 10.7. The number of aromatic nitrogens is 4. The van der Waals surface area contributed by atoms with Gasteiger partial charge in [0.25, 0.3) is 5.89 Å². The number of amides is 1. The Kier molecular flexibility index (Phi) is 7.51. The Hall–Kier alpha value is -2.76. The van der Waals surface area contributed by atoms with Crippen molar-refractivity contribution < 1.29 is 9.21 Å². The summed E-state index contributed by atoms with van der Waals surface area (Å²) in [5, 5.41) is 22.5. The maximum Gasteiger partial charge on any atom is 0.257 e. The highest BCUT2D eigenvalue weighted by molar-refractivity contribution is 8.01. The van der Waals surface area contributed by atoms with Crippen LogP contribution in [0.4, 0.5) is 10.8 Å². The third-order valence-corrected chi connectivity index (χ3v) is 7.18. The van der Waals surface area contributed by atoms with Crippen LogP contribution in [0, 0.1) is 6.92 Å². The van der Waals surface area contributed by atoms with Gasteiger partial charge >= 0.3 is 0 Å². The Labute approximate surface area is 198 Å². The van der Waals surface area contributed by atoms with E-state index in [2.05, 4.69) is 25.7 Å². The Morgan fingerprint density at radius 3 is 2.88 bits per heavy atom. The zero-order chi connectivity index (χ0) is 22.3. The molecule has 1 aromatic carbocycles. The second-order valence-corrected chi connectivity index (χ2v) is 10.1. The zero-order valence-electron chi connectivity index (χ0n) is 17.6. The largest absolute Gasteiger partial charge is 0.418 e. The van der Waals surface area contributed by atoms with Gasteiger partial charge in [0.1, 0.15) is 0 Å². The van der Waals surface area contributed by atoms with Crippen molar-refractivity contribution in [3.05, 3.63) is 53.2 Å². The van der Waals surface area contributed by atoms with E-state index < -0.39 is 0 Å². The first kappa shape index (κ1) is 22.4. The van der Waals surface area contributed by atoms with Gasteiger partial charge in [-0.25, -0.2) is 0 Å². The van der Waals surface area contributed by atoms with E-state index in [0.717, 1.165) is 21.3 Å². The van der Waals surface area contributed by atoms with Crippen molar-refractivity contribution in [2.24, 2.45) is 0 Å². The maximum absolute atomic E-state index is 12.8. The molecule has 3 heterocycles. The summed E-state index contributed by atoms with van der Waals surface area (Å²) in [5.74, 6) is 1.18. The molecule has 0 spiro atoms. The van der Waals surface area contributed by atoms with Crippen LogP contribution in [0.5, 0.6) is 0 Å². The molecule has 11 heteroatoms. The molecule has 1 N–H and O–H groups in total. The molecule has 0 radical (unpaired) electrons. The van der Waals surface area contributed by atoms with E-state index in [9.17, 15) is 4.79 Å². The van der Waals surface area contributed by atoms with Crippen LogP contribution in [0.15, 0.2) is 50.5 Å². The molecule has 0 saturated carbocycles. The normalized spacial score (nSPS) is 10.9. The summed E-state index contributed by atoms with van der Waals surface area (Å²) in [6.45, 7) is 4.98. The molecule has 0 fully saturated rings. The van der Waals surface area contributed by atoms with Gasteiger partial charge in [0.05, 0.1) is 17.2 Å². The Morgan fingerprint density at radius 2 is 2.09 bits per heavy atom. The summed E-state index contributed by atoms with van der Waals surface area (Å²) in [7, 11) is 0. The molecule has 0 aliphatic heterocycles. The number of rotatable bonds is 10. The molecular formula is C21H22N6O2S3. The predicted molar refractivity (Wildman–Crippen MR) is 128 cm³/mol. The van der Waals surface area contributed by atoms with E-state index in [1.807, 2.05) is 55.6 Å². The van der Waals surface area contributed by atoms with E-state index >= 15 is 0 Å². The molecule has 4 aromatic rings. The number of nitrogens with one attached hydrogen (secondary N) is 1. The highest BCUT2D eigenvalue weighted by Gasteiger charge is 2.19. The molecule has 0 aliphatic carbocycles. The first-order valence-corrected chi connectivity index (χ1v) is 12.7. The Balaban J connectivity index is 1.33. The van der Waals surface area contributed by atoms with Crippen LogP contribution in [0.2, 0.25) is 0 Å². The lowest BCUT2D eigenvalue weighted by Gasteiger charge is -2.19. The smallest absolute Gasteiger partial charge is 0.257 e. The number of carbonyl (C=O) groups is 1. The van der Waals surface area contributed by atoms with E-state index in [4.69, 9.17) is 4.42 Å². The van der Waals surface area contributed by atoms with Gasteiger partial charge < -0.3 is 14.6 Å². The monoisotopic (exact) mass is 486 g/mol. The van der Waals surface area contributed by atoms with Gasteiger partial charge in [-0.05, 0) is 42.5 Å². The Morgan fingerprint density at radius 1 is 1.19 bits per heavy atom. The average molecular weight is 487 g/mol. The van der Waals surface area contributed by atoms with Crippen LogP contribution in [-0.4, -0.2) is 43.5 Å². The minimum absolute atomic E-state index is 0.00360. The van der Waals surface area contributed by atoms with Crippen LogP contribution in [0.1, 0.15) is 24.8 Å². The fourth-order valence-electron chi connectivity index (χ4n) is 2.92. The topological polar surface area (TPSA) is 97.0 Å². The third-order valence-electron chi connectivity index (χ3n) is 4.37. The Bertz CT molecular complexity index is 1160. The molecule has 0 saturated heterocycles. The van der Waals surface area contributed by atoms with Crippen molar-refractivity contribution in [3.8, 4) is 10.8 Å². The highest BCUT2D eigenvalue weighted by atomic mass is 32.2. The van der Waals surface area contributed by atoms with Gasteiger partial charge in [0.15, 0.2) is 4.34 Å². The van der Waals surface area contributed by atoms with E-state index in [0.29, 0.717) is 30.0 Å². The summed E-state index contributed by atoms with van der Waals surface area (Å²) in [4.78, 5) is 15.5. The number of carbonyl (C=O) groups excluding carboxylic acids is 1. The van der Waals surface area contributed by atoms with Crippen LogP contribution in [0.3, 0.4) is 0 Å². The van der Waals surface area contributed by atoms with E-state index in [1.165, 1.54) is 40.0 Å². The lowest BCUT2D eigenvalue weighted by Crippen LogP contribution is -2.32. The number of thiophene rings is 1. The van der Waals surface area contributed by atoms with Crippen molar-refractivity contribution in [1.82, 2.24) is 25.3 Å². The van der Waals surface area contributed by atoms with Crippen molar-refractivity contribution in [1.29, 1.82) is 0 Å². The standard InChI is InChI=1S/C21H22N6O2S3/c1-3-9-27(12-17-23-24-19(29-17)16-8-5-10-30-16)18(28)13-31-21-26-25-20(32-21)22-15-7-4-6-14(2)11-15/h4-8,10-11H,3,9,12-13H2,1-2H3,(H,22,25). The molecule has 166 valence electrons. The predicted octanol–water partition coefficient (Wildman–Crippen LogP) is 5.23. The first-order chi connectivity index (χ1) is 15.6. The van der Waals surface area contributed by atoms with Gasteiger partial charge in [-0.1, -0.05) is 48.2 Å². The van der Waals surface area contributed by atoms with Crippen molar-refractivity contribution in [2.75, 3.05) is 17.6 Å².